The van der Waals surface area contributed by atoms with Crippen LogP contribution in [0, 0.1) is 5.82 Å². The molecule has 0 saturated heterocycles. The Bertz CT molecular complexity index is 764. The van der Waals surface area contributed by atoms with Gasteiger partial charge in [-0.2, -0.15) is 0 Å². The van der Waals surface area contributed by atoms with Crippen molar-refractivity contribution in [2.24, 2.45) is 0 Å². The molecule has 0 fully saturated rings. The largest absolute Gasteiger partial charge is 0.398 e. The first kappa shape index (κ1) is 15.7. The summed E-state index contributed by atoms with van der Waals surface area (Å²) < 4.78 is 40.2. The van der Waals surface area contributed by atoms with E-state index in [2.05, 4.69) is 20.7 Å². The second-order valence-electron chi connectivity index (χ2n) is 4.26. The van der Waals surface area contributed by atoms with Crippen LogP contribution in [0.3, 0.4) is 0 Å². The highest BCUT2D eigenvalue weighted by atomic mass is 79.9. The topological polar surface area (TPSA) is 92.4 Å². The molecule has 0 spiro atoms. The van der Waals surface area contributed by atoms with Gasteiger partial charge in [0.1, 0.15) is 10.7 Å². The molecular weight excluding hydrogens is 363 g/mol. The van der Waals surface area contributed by atoms with E-state index < -0.39 is 15.8 Å². The fourth-order valence-electron chi connectivity index (χ4n) is 1.67. The predicted octanol–water partition coefficient (Wildman–Crippen LogP) is 2.46. The Hall–Kier alpha value is -1.64. The van der Waals surface area contributed by atoms with Gasteiger partial charge in [0.05, 0.1) is 16.8 Å². The second-order valence-corrected chi connectivity index (χ2v) is 6.77. The van der Waals surface area contributed by atoms with Gasteiger partial charge in [-0.25, -0.2) is 12.8 Å². The van der Waals surface area contributed by atoms with E-state index in [0.29, 0.717) is 11.3 Å². The van der Waals surface area contributed by atoms with Crippen molar-refractivity contribution in [3.8, 4) is 0 Å². The van der Waals surface area contributed by atoms with Crippen LogP contribution in [0.15, 0.2) is 45.8 Å². The molecule has 0 aliphatic carbocycles. The lowest BCUT2D eigenvalue weighted by Gasteiger charge is -2.11. The van der Waals surface area contributed by atoms with E-state index in [0.717, 1.165) is 12.1 Å². The fourth-order valence-corrected chi connectivity index (χ4v) is 3.36. The number of nitrogen functional groups attached to an aromatic ring is 1. The Morgan fingerprint density at radius 1 is 1.24 bits per heavy atom. The number of benzene rings is 2. The van der Waals surface area contributed by atoms with Crippen LogP contribution in [0.5, 0.6) is 0 Å². The van der Waals surface area contributed by atoms with Crippen molar-refractivity contribution in [2.75, 3.05) is 10.5 Å². The molecule has 8 heteroatoms. The van der Waals surface area contributed by atoms with Crippen molar-refractivity contribution >= 4 is 37.3 Å². The lowest BCUT2D eigenvalue weighted by molar-refractivity contribution is 0.282. The molecule has 2 aromatic rings. The highest BCUT2D eigenvalue weighted by Crippen LogP contribution is 2.27. The summed E-state index contributed by atoms with van der Waals surface area (Å²) in [4.78, 5) is -0.220. The highest BCUT2D eigenvalue weighted by molar-refractivity contribution is 9.10. The molecule has 5 nitrogen and oxygen atoms in total. The van der Waals surface area contributed by atoms with Crippen LogP contribution < -0.4 is 10.5 Å². The van der Waals surface area contributed by atoms with Crippen molar-refractivity contribution in [3.63, 3.8) is 0 Å². The van der Waals surface area contributed by atoms with Gasteiger partial charge < -0.3 is 10.8 Å². The van der Waals surface area contributed by atoms with Gasteiger partial charge in [-0.3, -0.25) is 4.72 Å². The first-order valence-corrected chi connectivity index (χ1v) is 8.08. The van der Waals surface area contributed by atoms with Crippen LogP contribution in [-0.4, -0.2) is 13.5 Å². The predicted molar refractivity (Wildman–Crippen MR) is 81.7 cm³/mol. The summed E-state index contributed by atoms with van der Waals surface area (Å²) in [6.07, 6.45) is 0. The highest BCUT2D eigenvalue weighted by Gasteiger charge is 2.19. The monoisotopic (exact) mass is 374 g/mol. The third-order valence-electron chi connectivity index (χ3n) is 2.73. The average Bonchev–Trinajstić information content (AvgIpc) is 2.43. The smallest absolute Gasteiger partial charge is 0.263 e. The molecule has 0 saturated carbocycles. The van der Waals surface area contributed by atoms with Crippen LogP contribution in [0.4, 0.5) is 15.8 Å². The summed E-state index contributed by atoms with van der Waals surface area (Å²) >= 11 is 2.93. The first-order chi connectivity index (χ1) is 9.83. The molecule has 112 valence electrons. The number of hydrogen-bond donors (Lipinski definition) is 3. The first-order valence-electron chi connectivity index (χ1n) is 5.80. The molecule has 0 heterocycles. The molecule has 2 rings (SSSR count). The number of halogens is 2. The zero-order chi connectivity index (χ0) is 15.6. The molecule has 4 N–H and O–H groups in total. The summed E-state index contributed by atoms with van der Waals surface area (Å²) in [5, 5.41) is 8.94. The summed E-state index contributed by atoms with van der Waals surface area (Å²) in [6.45, 7) is -0.134. The van der Waals surface area contributed by atoms with Gasteiger partial charge in [0, 0.05) is 5.69 Å². The molecule has 0 aromatic heterocycles. The summed E-state index contributed by atoms with van der Waals surface area (Å²) in [7, 11) is -3.94. The maximum atomic E-state index is 13.3. The van der Waals surface area contributed by atoms with Crippen molar-refractivity contribution in [1.82, 2.24) is 0 Å². The summed E-state index contributed by atoms with van der Waals surface area (Å²) in [5.41, 5.74) is 6.34. The van der Waals surface area contributed by atoms with Gasteiger partial charge in [-0.15, -0.1) is 0 Å². The third-order valence-corrected chi connectivity index (χ3v) is 4.78. The normalized spacial score (nSPS) is 11.4. The number of nitrogens with two attached hydrogens (primary N) is 1. The van der Waals surface area contributed by atoms with E-state index in [9.17, 15) is 12.8 Å². The second kappa shape index (κ2) is 6.00. The van der Waals surface area contributed by atoms with Gasteiger partial charge in [0.25, 0.3) is 10.0 Å². The van der Waals surface area contributed by atoms with Crippen LogP contribution in [0.1, 0.15) is 5.56 Å². The van der Waals surface area contributed by atoms with E-state index in [4.69, 9.17) is 10.8 Å². The molecule has 0 aliphatic heterocycles. The number of nitrogens with one attached hydrogen (secondary N) is 1. The maximum absolute atomic E-state index is 13.3. The molecule has 21 heavy (non-hydrogen) atoms. The Kier molecular flexibility index (Phi) is 4.50. The number of sulfonamides is 1. The molecule has 0 aliphatic rings. The van der Waals surface area contributed by atoms with Gasteiger partial charge in [0.15, 0.2) is 0 Å². The standard InChI is InChI=1S/C13H12BrFN2O3S/c14-10-5-13(12(16)6-11(10)15)21(19,20)17-9-3-1-8(7-18)2-4-9/h1-6,17-18H,7,16H2. The summed E-state index contributed by atoms with van der Waals surface area (Å²) in [6, 6.07) is 8.24. The molecular formula is C13H12BrFN2O3S. The van der Waals surface area contributed by atoms with Crippen LogP contribution in [0.25, 0.3) is 0 Å². The summed E-state index contributed by atoms with van der Waals surface area (Å²) in [5.74, 6) is -0.640. The minimum atomic E-state index is -3.94. The molecule has 0 bridgehead atoms. The quantitative estimate of drug-likeness (QED) is 0.716. The zero-order valence-corrected chi connectivity index (χ0v) is 13.1. The number of aliphatic hydroxyl groups excluding tert-OH is 1. The number of hydrogen-bond acceptors (Lipinski definition) is 4. The fraction of sp³-hybridized carbons (Fsp3) is 0.0769. The Morgan fingerprint density at radius 3 is 2.43 bits per heavy atom. The van der Waals surface area contributed by atoms with E-state index in [1.807, 2.05) is 0 Å². The minimum Gasteiger partial charge on any atom is -0.398 e. The minimum absolute atomic E-state index is 0.00713. The van der Waals surface area contributed by atoms with Crippen molar-refractivity contribution in [2.45, 2.75) is 11.5 Å². The van der Waals surface area contributed by atoms with Crippen molar-refractivity contribution < 1.29 is 17.9 Å². The van der Waals surface area contributed by atoms with Gasteiger partial charge in [-0.05, 0) is 45.8 Å². The van der Waals surface area contributed by atoms with Gasteiger partial charge in [0.2, 0.25) is 0 Å². The molecule has 0 atom stereocenters. The van der Waals surface area contributed by atoms with E-state index in [1.54, 1.807) is 12.1 Å². The number of rotatable bonds is 4. The SMILES string of the molecule is Nc1cc(F)c(Br)cc1S(=O)(=O)Nc1ccc(CO)cc1. The van der Waals surface area contributed by atoms with Crippen LogP contribution >= 0.6 is 15.9 Å². The third kappa shape index (κ3) is 3.52. The van der Waals surface area contributed by atoms with E-state index >= 15 is 0 Å². The molecule has 2 aromatic carbocycles. The Labute approximate surface area is 129 Å². The lowest BCUT2D eigenvalue weighted by atomic mass is 10.2. The molecule has 0 radical (unpaired) electrons. The van der Waals surface area contributed by atoms with Crippen molar-refractivity contribution in [1.29, 1.82) is 0 Å². The number of anilines is 2. The lowest BCUT2D eigenvalue weighted by Crippen LogP contribution is -2.15. The van der Waals surface area contributed by atoms with Crippen LogP contribution in [0.2, 0.25) is 0 Å². The van der Waals surface area contributed by atoms with Crippen molar-refractivity contribution in [3.05, 3.63) is 52.3 Å². The molecule has 0 amide bonds. The maximum Gasteiger partial charge on any atom is 0.263 e. The van der Waals surface area contributed by atoms with E-state index in [1.165, 1.54) is 12.1 Å². The zero-order valence-electron chi connectivity index (χ0n) is 10.7. The Morgan fingerprint density at radius 2 is 1.86 bits per heavy atom. The van der Waals surface area contributed by atoms with Crippen LogP contribution in [-0.2, 0) is 16.6 Å². The Balaban J connectivity index is 2.35. The van der Waals surface area contributed by atoms with E-state index in [-0.39, 0.29) is 21.7 Å². The van der Waals surface area contributed by atoms with Gasteiger partial charge in [-0.1, -0.05) is 12.1 Å². The number of aliphatic hydroxyl groups is 1. The molecule has 0 unspecified atom stereocenters. The average molecular weight is 375 g/mol. The van der Waals surface area contributed by atoms with Gasteiger partial charge >= 0.3 is 0 Å².